The Labute approximate surface area is 94.4 Å². The fraction of sp³-hybridized carbons (Fsp3) is 0.727. The van der Waals surface area contributed by atoms with E-state index in [0.29, 0.717) is 12.6 Å². The van der Waals surface area contributed by atoms with E-state index in [-0.39, 0.29) is 0 Å². The summed E-state index contributed by atoms with van der Waals surface area (Å²) >= 11 is 1.96. The molecule has 0 amide bonds. The van der Waals surface area contributed by atoms with E-state index >= 15 is 0 Å². The highest BCUT2D eigenvalue weighted by Gasteiger charge is 2.26. The van der Waals surface area contributed by atoms with Crippen LogP contribution in [0.25, 0.3) is 0 Å². The first-order valence-electron chi connectivity index (χ1n) is 5.77. The summed E-state index contributed by atoms with van der Waals surface area (Å²) in [6.45, 7) is 0.652. The maximum atomic E-state index is 5.87. The Morgan fingerprint density at radius 2 is 2.13 bits per heavy atom. The van der Waals surface area contributed by atoms with E-state index in [9.17, 15) is 0 Å². The van der Waals surface area contributed by atoms with Gasteiger partial charge in [0.2, 0.25) is 0 Å². The number of hydrogen-bond donors (Lipinski definition) is 1. The van der Waals surface area contributed by atoms with Crippen LogP contribution in [0.15, 0.2) is 0 Å². The van der Waals surface area contributed by atoms with Gasteiger partial charge in [-0.05, 0) is 12.8 Å². The summed E-state index contributed by atoms with van der Waals surface area (Å²) < 4.78 is 2.25. The van der Waals surface area contributed by atoms with Crippen LogP contribution in [-0.2, 0) is 18.1 Å². The molecule has 1 aromatic rings. The molecular formula is C11H17N3S. The molecular weight excluding hydrogens is 206 g/mol. The predicted molar refractivity (Wildman–Crippen MR) is 62.6 cm³/mol. The average molecular weight is 223 g/mol. The number of thioether (sulfide) groups is 1. The van der Waals surface area contributed by atoms with Gasteiger partial charge in [-0.1, -0.05) is 12.8 Å². The van der Waals surface area contributed by atoms with E-state index in [4.69, 9.17) is 10.8 Å². The summed E-state index contributed by atoms with van der Waals surface area (Å²) in [5.41, 5.74) is 9.91. The topological polar surface area (TPSA) is 43.8 Å². The second-order valence-corrected chi connectivity index (χ2v) is 5.44. The fourth-order valence-electron chi connectivity index (χ4n) is 2.76. The first-order chi connectivity index (χ1) is 7.40. The van der Waals surface area contributed by atoms with Crippen molar-refractivity contribution < 1.29 is 0 Å². The van der Waals surface area contributed by atoms with Gasteiger partial charge in [-0.25, -0.2) is 0 Å². The lowest BCUT2D eigenvalue weighted by atomic mass is 10.2. The van der Waals surface area contributed by atoms with Crippen molar-refractivity contribution >= 4 is 11.8 Å². The zero-order chi connectivity index (χ0) is 10.3. The number of fused-ring (bicyclic) bond motifs is 1. The number of hydrogen-bond acceptors (Lipinski definition) is 3. The van der Waals surface area contributed by atoms with Crippen molar-refractivity contribution in [3.05, 3.63) is 17.0 Å². The van der Waals surface area contributed by atoms with Gasteiger partial charge >= 0.3 is 0 Å². The quantitative estimate of drug-likeness (QED) is 0.836. The Morgan fingerprint density at radius 3 is 2.87 bits per heavy atom. The average Bonchev–Trinajstić information content (AvgIpc) is 2.93. The van der Waals surface area contributed by atoms with Crippen molar-refractivity contribution in [2.45, 2.75) is 49.8 Å². The minimum Gasteiger partial charge on any atom is -0.325 e. The molecule has 2 heterocycles. The summed E-state index contributed by atoms with van der Waals surface area (Å²) in [6, 6.07) is 0.638. The standard InChI is InChI=1S/C11H17N3S/c12-5-11-9-6-15-7-10(9)13-14(11)8-3-1-2-4-8/h8H,1-7,12H2. The van der Waals surface area contributed by atoms with Crippen LogP contribution in [0, 0.1) is 0 Å². The smallest absolute Gasteiger partial charge is 0.0767 e. The number of nitrogens with two attached hydrogens (primary N) is 1. The van der Waals surface area contributed by atoms with Gasteiger partial charge in [0.25, 0.3) is 0 Å². The molecule has 1 aromatic heterocycles. The Bertz CT molecular complexity index is 366. The third kappa shape index (κ3) is 1.51. The van der Waals surface area contributed by atoms with Crippen LogP contribution in [-0.4, -0.2) is 9.78 Å². The van der Waals surface area contributed by atoms with Gasteiger partial charge < -0.3 is 5.73 Å². The Kier molecular flexibility index (Phi) is 2.48. The monoisotopic (exact) mass is 223 g/mol. The van der Waals surface area contributed by atoms with Crippen LogP contribution < -0.4 is 5.73 Å². The zero-order valence-corrected chi connectivity index (χ0v) is 9.72. The number of rotatable bonds is 2. The first-order valence-corrected chi connectivity index (χ1v) is 6.92. The highest BCUT2D eigenvalue weighted by molar-refractivity contribution is 7.98. The van der Waals surface area contributed by atoms with Crippen LogP contribution in [0.2, 0.25) is 0 Å². The molecule has 1 aliphatic carbocycles. The van der Waals surface area contributed by atoms with E-state index in [1.807, 2.05) is 11.8 Å². The molecule has 1 fully saturated rings. The largest absolute Gasteiger partial charge is 0.325 e. The van der Waals surface area contributed by atoms with Gasteiger partial charge in [0.05, 0.1) is 17.4 Å². The SMILES string of the molecule is NCc1c2c(nn1C1CCCC1)CSC2. The Morgan fingerprint density at radius 1 is 1.33 bits per heavy atom. The molecule has 0 unspecified atom stereocenters. The predicted octanol–water partition coefficient (Wildman–Crippen LogP) is 2.20. The van der Waals surface area contributed by atoms with Crippen LogP contribution in [0.3, 0.4) is 0 Å². The molecule has 3 rings (SSSR count). The van der Waals surface area contributed by atoms with Gasteiger partial charge in [0, 0.05) is 23.6 Å². The maximum Gasteiger partial charge on any atom is 0.0767 e. The third-order valence-electron chi connectivity index (χ3n) is 3.55. The summed E-state index contributed by atoms with van der Waals surface area (Å²) in [7, 11) is 0. The van der Waals surface area contributed by atoms with E-state index < -0.39 is 0 Å². The summed E-state index contributed by atoms with van der Waals surface area (Å²) in [6.07, 6.45) is 5.29. The molecule has 0 bridgehead atoms. The molecule has 15 heavy (non-hydrogen) atoms. The normalized spacial score (nSPS) is 21.1. The second-order valence-electron chi connectivity index (χ2n) is 4.45. The van der Waals surface area contributed by atoms with E-state index in [1.165, 1.54) is 42.6 Å². The van der Waals surface area contributed by atoms with Crippen LogP contribution in [0.5, 0.6) is 0 Å². The van der Waals surface area contributed by atoms with Gasteiger partial charge in [-0.15, -0.1) is 0 Å². The van der Waals surface area contributed by atoms with Crippen molar-refractivity contribution in [2.75, 3.05) is 0 Å². The minimum atomic E-state index is 0.638. The zero-order valence-electron chi connectivity index (χ0n) is 8.91. The van der Waals surface area contributed by atoms with E-state index in [1.54, 1.807) is 0 Å². The molecule has 0 aromatic carbocycles. The molecule has 0 saturated heterocycles. The van der Waals surface area contributed by atoms with Crippen LogP contribution in [0.4, 0.5) is 0 Å². The van der Waals surface area contributed by atoms with Crippen LogP contribution in [0.1, 0.15) is 48.7 Å². The molecule has 4 heteroatoms. The Hall–Kier alpha value is -0.480. The summed E-state index contributed by atoms with van der Waals surface area (Å²) in [5.74, 6) is 2.20. The molecule has 82 valence electrons. The molecule has 0 radical (unpaired) electrons. The number of aromatic nitrogens is 2. The number of nitrogens with zero attached hydrogens (tertiary/aromatic N) is 2. The molecule has 3 nitrogen and oxygen atoms in total. The lowest BCUT2D eigenvalue weighted by Gasteiger charge is -2.14. The lowest BCUT2D eigenvalue weighted by Crippen LogP contribution is -2.14. The van der Waals surface area contributed by atoms with Crippen LogP contribution >= 0.6 is 11.8 Å². The second kappa shape index (κ2) is 3.83. The maximum absolute atomic E-state index is 5.87. The molecule has 0 spiro atoms. The minimum absolute atomic E-state index is 0.638. The fourth-order valence-corrected chi connectivity index (χ4v) is 3.82. The highest BCUT2D eigenvalue weighted by atomic mass is 32.2. The van der Waals surface area contributed by atoms with Crippen molar-refractivity contribution in [2.24, 2.45) is 5.73 Å². The highest BCUT2D eigenvalue weighted by Crippen LogP contribution is 2.36. The first kappa shape index (κ1) is 9.73. The van der Waals surface area contributed by atoms with Gasteiger partial charge in [-0.2, -0.15) is 16.9 Å². The van der Waals surface area contributed by atoms with Gasteiger partial charge in [0.1, 0.15) is 0 Å². The van der Waals surface area contributed by atoms with Crippen molar-refractivity contribution in [1.29, 1.82) is 0 Å². The van der Waals surface area contributed by atoms with E-state index in [0.717, 1.165) is 11.5 Å². The molecule has 1 saturated carbocycles. The summed E-state index contributed by atoms with van der Waals surface area (Å²) in [4.78, 5) is 0. The third-order valence-corrected chi connectivity index (χ3v) is 4.52. The van der Waals surface area contributed by atoms with Gasteiger partial charge in [0.15, 0.2) is 0 Å². The van der Waals surface area contributed by atoms with Gasteiger partial charge in [-0.3, -0.25) is 4.68 Å². The Balaban J connectivity index is 1.99. The van der Waals surface area contributed by atoms with Crippen molar-refractivity contribution in [1.82, 2.24) is 9.78 Å². The van der Waals surface area contributed by atoms with Crippen molar-refractivity contribution in [3.8, 4) is 0 Å². The molecule has 2 N–H and O–H groups in total. The molecule has 0 atom stereocenters. The van der Waals surface area contributed by atoms with Crippen molar-refractivity contribution in [3.63, 3.8) is 0 Å². The molecule has 2 aliphatic rings. The molecule has 1 aliphatic heterocycles. The van der Waals surface area contributed by atoms with E-state index in [2.05, 4.69) is 4.68 Å². The summed E-state index contributed by atoms with van der Waals surface area (Å²) in [5, 5.41) is 4.76. The lowest BCUT2D eigenvalue weighted by molar-refractivity contribution is 0.447.